The Kier molecular flexibility index (Phi) is 4.32. The molecule has 0 atom stereocenters. The van der Waals surface area contributed by atoms with Gasteiger partial charge in [-0.1, -0.05) is 5.21 Å². The summed E-state index contributed by atoms with van der Waals surface area (Å²) in [4.78, 5) is 1.07. The van der Waals surface area contributed by atoms with Crippen molar-refractivity contribution in [1.82, 2.24) is 20.3 Å². The van der Waals surface area contributed by atoms with Crippen LogP contribution in [0.25, 0.3) is 0 Å². The summed E-state index contributed by atoms with van der Waals surface area (Å²) in [6.07, 6.45) is 4.55. The molecule has 0 bridgehead atoms. The number of rotatable bonds is 7. The fraction of sp³-hybridized carbons (Fsp3) is 0.429. The summed E-state index contributed by atoms with van der Waals surface area (Å²) in [6, 6.07) is 7.26. The molecular formula is C14H17FN4S. The number of halogens is 1. The average Bonchev–Trinajstić information content (AvgIpc) is 3.18. The first kappa shape index (κ1) is 13.6. The highest BCUT2D eigenvalue weighted by molar-refractivity contribution is 7.99. The molecule has 1 aromatic heterocycles. The summed E-state index contributed by atoms with van der Waals surface area (Å²) < 4.78 is 14.6. The zero-order valence-corrected chi connectivity index (χ0v) is 11.9. The van der Waals surface area contributed by atoms with E-state index in [-0.39, 0.29) is 5.82 Å². The molecule has 0 radical (unpaired) electrons. The third-order valence-electron chi connectivity index (χ3n) is 3.14. The fourth-order valence-electron chi connectivity index (χ4n) is 1.85. The highest BCUT2D eigenvalue weighted by Crippen LogP contribution is 2.19. The fourth-order valence-corrected chi connectivity index (χ4v) is 2.70. The first-order valence-electron chi connectivity index (χ1n) is 6.80. The number of aryl methyl sites for hydroxylation is 1. The van der Waals surface area contributed by atoms with Crippen molar-refractivity contribution in [3.63, 3.8) is 0 Å². The lowest BCUT2D eigenvalue weighted by Crippen LogP contribution is -2.15. The van der Waals surface area contributed by atoms with Gasteiger partial charge in [0, 0.05) is 29.4 Å². The topological polar surface area (TPSA) is 42.7 Å². The molecule has 1 fully saturated rings. The van der Waals surface area contributed by atoms with Gasteiger partial charge in [0.25, 0.3) is 0 Å². The quantitative estimate of drug-likeness (QED) is 0.796. The maximum atomic E-state index is 12.8. The number of hydrogen-bond donors (Lipinski definition) is 1. The van der Waals surface area contributed by atoms with Crippen molar-refractivity contribution in [2.45, 2.75) is 36.9 Å². The van der Waals surface area contributed by atoms with Crippen molar-refractivity contribution in [2.75, 3.05) is 5.75 Å². The van der Waals surface area contributed by atoms with Crippen molar-refractivity contribution in [1.29, 1.82) is 0 Å². The van der Waals surface area contributed by atoms with Crippen LogP contribution in [0, 0.1) is 5.82 Å². The van der Waals surface area contributed by atoms with Gasteiger partial charge < -0.3 is 5.32 Å². The summed E-state index contributed by atoms with van der Waals surface area (Å²) in [5.41, 5.74) is 0.990. The van der Waals surface area contributed by atoms with E-state index >= 15 is 0 Å². The summed E-state index contributed by atoms with van der Waals surface area (Å²) in [6.45, 7) is 1.61. The van der Waals surface area contributed by atoms with E-state index in [0.717, 1.165) is 29.4 Å². The van der Waals surface area contributed by atoms with E-state index < -0.39 is 0 Å². The van der Waals surface area contributed by atoms with Crippen LogP contribution < -0.4 is 5.32 Å². The molecule has 1 aromatic carbocycles. The molecule has 106 valence electrons. The molecule has 0 unspecified atom stereocenters. The summed E-state index contributed by atoms with van der Waals surface area (Å²) in [5.74, 6) is 0.697. The molecule has 0 amide bonds. The molecule has 1 saturated carbocycles. The van der Waals surface area contributed by atoms with Crippen LogP contribution in [0.3, 0.4) is 0 Å². The van der Waals surface area contributed by atoms with Crippen LogP contribution in [0.15, 0.2) is 35.4 Å². The predicted octanol–water partition coefficient (Wildman–Crippen LogP) is 2.46. The zero-order valence-electron chi connectivity index (χ0n) is 11.1. The summed E-state index contributed by atoms with van der Waals surface area (Å²) >= 11 is 1.69. The van der Waals surface area contributed by atoms with Gasteiger partial charge in [-0.05, 0) is 37.1 Å². The molecule has 2 aromatic rings. The lowest BCUT2D eigenvalue weighted by molar-refractivity contribution is 0.626. The number of benzene rings is 1. The first-order chi connectivity index (χ1) is 9.79. The van der Waals surface area contributed by atoms with Gasteiger partial charge in [-0.3, -0.25) is 4.68 Å². The van der Waals surface area contributed by atoms with Crippen molar-refractivity contribution in [2.24, 2.45) is 0 Å². The molecule has 3 rings (SSSR count). The molecule has 0 aliphatic heterocycles. The molecular weight excluding hydrogens is 275 g/mol. The van der Waals surface area contributed by atoms with E-state index in [0.29, 0.717) is 6.04 Å². The lowest BCUT2D eigenvalue weighted by atomic mass is 10.4. The Morgan fingerprint density at radius 1 is 1.30 bits per heavy atom. The highest BCUT2D eigenvalue weighted by Gasteiger charge is 2.20. The second kappa shape index (κ2) is 6.37. The monoisotopic (exact) mass is 292 g/mol. The van der Waals surface area contributed by atoms with E-state index in [1.54, 1.807) is 23.9 Å². The zero-order chi connectivity index (χ0) is 13.8. The van der Waals surface area contributed by atoms with Gasteiger partial charge in [-0.25, -0.2) is 4.39 Å². The SMILES string of the molecule is Fc1ccc(SCCn2cc(CNC3CC3)nn2)cc1. The van der Waals surface area contributed by atoms with Gasteiger partial charge in [0.15, 0.2) is 0 Å². The van der Waals surface area contributed by atoms with Gasteiger partial charge in [-0.2, -0.15) is 0 Å². The molecule has 1 heterocycles. The molecule has 0 saturated heterocycles. The highest BCUT2D eigenvalue weighted by atomic mass is 32.2. The van der Waals surface area contributed by atoms with E-state index in [4.69, 9.17) is 0 Å². The molecule has 20 heavy (non-hydrogen) atoms. The van der Waals surface area contributed by atoms with Gasteiger partial charge >= 0.3 is 0 Å². The van der Waals surface area contributed by atoms with E-state index in [9.17, 15) is 4.39 Å². The van der Waals surface area contributed by atoms with Gasteiger partial charge in [-0.15, -0.1) is 16.9 Å². The number of aromatic nitrogens is 3. The Morgan fingerprint density at radius 3 is 2.85 bits per heavy atom. The Balaban J connectivity index is 1.42. The molecule has 4 nitrogen and oxygen atoms in total. The average molecular weight is 292 g/mol. The number of nitrogens with one attached hydrogen (secondary N) is 1. The molecule has 1 aliphatic carbocycles. The summed E-state index contributed by atoms with van der Waals surface area (Å²) in [7, 11) is 0. The Bertz CT molecular complexity index is 551. The molecule has 1 N–H and O–H groups in total. The van der Waals surface area contributed by atoms with Crippen LogP contribution in [-0.4, -0.2) is 26.8 Å². The minimum Gasteiger partial charge on any atom is -0.308 e. The maximum absolute atomic E-state index is 12.8. The minimum atomic E-state index is -0.196. The Hall–Kier alpha value is -1.40. The molecule has 6 heteroatoms. The number of hydrogen-bond acceptors (Lipinski definition) is 4. The van der Waals surface area contributed by atoms with Crippen molar-refractivity contribution in [3.8, 4) is 0 Å². The second-order valence-electron chi connectivity index (χ2n) is 4.93. The number of thioether (sulfide) groups is 1. The van der Waals surface area contributed by atoms with Crippen molar-refractivity contribution in [3.05, 3.63) is 42.0 Å². The predicted molar refractivity (Wildman–Crippen MR) is 77.0 cm³/mol. The van der Waals surface area contributed by atoms with Crippen LogP contribution in [0.5, 0.6) is 0 Å². The van der Waals surface area contributed by atoms with Gasteiger partial charge in [0.2, 0.25) is 0 Å². The van der Waals surface area contributed by atoms with Crippen LogP contribution in [-0.2, 0) is 13.1 Å². The smallest absolute Gasteiger partial charge is 0.123 e. The van der Waals surface area contributed by atoms with Crippen LogP contribution in [0.4, 0.5) is 4.39 Å². The largest absolute Gasteiger partial charge is 0.308 e. The van der Waals surface area contributed by atoms with Gasteiger partial charge in [0.1, 0.15) is 5.82 Å². The van der Waals surface area contributed by atoms with Crippen LogP contribution in [0.2, 0.25) is 0 Å². The van der Waals surface area contributed by atoms with Gasteiger partial charge in [0.05, 0.1) is 12.2 Å². The first-order valence-corrected chi connectivity index (χ1v) is 7.79. The van der Waals surface area contributed by atoms with E-state index in [2.05, 4.69) is 15.6 Å². The van der Waals surface area contributed by atoms with Crippen molar-refractivity contribution < 1.29 is 4.39 Å². The Labute approximate surface area is 121 Å². The lowest BCUT2D eigenvalue weighted by Gasteiger charge is -2.01. The standard InChI is InChI=1S/C14H17FN4S/c15-11-1-5-14(6-2-11)20-8-7-19-10-13(17-18-19)9-16-12-3-4-12/h1-2,5-6,10,12,16H,3-4,7-9H2. The third kappa shape index (κ3) is 4.05. The van der Waals surface area contributed by atoms with Crippen LogP contribution >= 0.6 is 11.8 Å². The summed E-state index contributed by atoms with van der Waals surface area (Å²) in [5, 5.41) is 11.7. The van der Waals surface area contributed by atoms with E-state index in [1.165, 1.54) is 25.0 Å². The third-order valence-corrected chi connectivity index (χ3v) is 4.13. The Morgan fingerprint density at radius 2 is 2.10 bits per heavy atom. The second-order valence-corrected chi connectivity index (χ2v) is 6.10. The van der Waals surface area contributed by atoms with Crippen molar-refractivity contribution >= 4 is 11.8 Å². The molecule has 0 spiro atoms. The molecule has 1 aliphatic rings. The number of nitrogens with zero attached hydrogens (tertiary/aromatic N) is 3. The maximum Gasteiger partial charge on any atom is 0.123 e. The normalized spacial score (nSPS) is 14.7. The van der Waals surface area contributed by atoms with E-state index in [1.807, 2.05) is 10.9 Å². The van der Waals surface area contributed by atoms with Crippen LogP contribution in [0.1, 0.15) is 18.5 Å². The minimum absolute atomic E-state index is 0.196.